The highest BCUT2D eigenvalue weighted by molar-refractivity contribution is 5.27. The van der Waals surface area contributed by atoms with Crippen molar-refractivity contribution in [1.29, 1.82) is 0 Å². The van der Waals surface area contributed by atoms with Crippen LogP contribution in [-0.4, -0.2) is 30.1 Å². The molecular weight excluding hydrogens is 284 g/mol. The van der Waals surface area contributed by atoms with Crippen LogP contribution in [0.3, 0.4) is 0 Å². The Morgan fingerprint density at radius 2 is 2.04 bits per heavy atom. The highest BCUT2D eigenvalue weighted by atomic mass is 16.5. The first kappa shape index (κ1) is 16.0. The summed E-state index contributed by atoms with van der Waals surface area (Å²) in [7, 11) is 1.72. The first-order valence-corrected chi connectivity index (χ1v) is 8.57. The van der Waals surface area contributed by atoms with Gasteiger partial charge in [-0.3, -0.25) is 9.88 Å². The smallest absolute Gasteiger partial charge is 0.118 e. The minimum Gasteiger partial charge on any atom is -0.497 e. The van der Waals surface area contributed by atoms with Crippen molar-refractivity contribution < 1.29 is 4.74 Å². The highest BCUT2D eigenvalue weighted by Crippen LogP contribution is 2.23. The Labute approximate surface area is 139 Å². The van der Waals surface area contributed by atoms with E-state index in [9.17, 15) is 0 Å². The average molecular weight is 310 g/mol. The Morgan fingerprint density at radius 1 is 1.17 bits per heavy atom. The van der Waals surface area contributed by atoms with Gasteiger partial charge in [-0.25, -0.2) is 0 Å². The van der Waals surface area contributed by atoms with Crippen LogP contribution in [0.4, 0.5) is 0 Å². The largest absolute Gasteiger partial charge is 0.497 e. The van der Waals surface area contributed by atoms with Gasteiger partial charge in [0, 0.05) is 25.5 Å². The number of nitrogens with zero attached hydrogens (tertiary/aromatic N) is 2. The van der Waals surface area contributed by atoms with Crippen LogP contribution in [0.2, 0.25) is 0 Å². The summed E-state index contributed by atoms with van der Waals surface area (Å²) in [6.07, 6.45) is 8.94. The predicted octanol–water partition coefficient (Wildman–Crippen LogP) is 3.94. The SMILES string of the molecule is COc1ccc(CC[C@H]2CCCN(Cc3cccnc3)C2)cc1. The number of rotatable bonds is 6. The molecule has 1 saturated heterocycles. The zero-order valence-electron chi connectivity index (χ0n) is 13.9. The molecule has 1 fully saturated rings. The number of methoxy groups -OCH3 is 1. The number of ether oxygens (including phenoxy) is 1. The van der Waals surface area contributed by atoms with Gasteiger partial charge >= 0.3 is 0 Å². The van der Waals surface area contributed by atoms with Crippen molar-refractivity contribution in [3.8, 4) is 5.75 Å². The third kappa shape index (κ3) is 4.80. The van der Waals surface area contributed by atoms with Crippen LogP contribution in [0.25, 0.3) is 0 Å². The van der Waals surface area contributed by atoms with Gasteiger partial charge in [-0.2, -0.15) is 0 Å². The van der Waals surface area contributed by atoms with Crippen molar-refractivity contribution in [3.05, 3.63) is 59.9 Å². The van der Waals surface area contributed by atoms with Gasteiger partial charge < -0.3 is 4.74 Å². The Kier molecular flexibility index (Phi) is 5.65. The molecule has 1 aliphatic rings. The first-order chi connectivity index (χ1) is 11.3. The van der Waals surface area contributed by atoms with Gasteiger partial charge in [-0.05, 0) is 67.5 Å². The maximum Gasteiger partial charge on any atom is 0.118 e. The molecule has 2 heterocycles. The van der Waals surface area contributed by atoms with Gasteiger partial charge in [0.2, 0.25) is 0 Å². The lowest BCUT2D eigenvalue weighted by Crippen LogP contribution is -2.35. The molecule has 122 valence electrons. The van der Waals surface area contributed by atoms with Crippen LogP contribution in [0.15, 0.2) is 48.8 Å². The lowest BCUT2D eigenvalue weighted by atomic mass is 9.91. The predicted molar refractivity (Wildman–Crippen MR) is 93.6 cm³/mol. The lowest BCUT2D eigenvalue weighted by molar-refractivity contribution is 0.161. The summed E-state index contributed by atoms with van der Waals surface area (Å²) in [5.74, 6) is 1.75. The molecule has 0 aliphatic carbocycles. The molecule has 0 spiro atoms. The number of piperidine rings is 1. The Hall–Kier alpha value is -1.87. The maximum absolute atomic E-state index is 5.22. The van der Waals surface area contributed by atoms with E-state index in [1.807, 2.05) is 18.5 Å². The molecule has 0 bridgehead atoms. The summed E-state index contributed by atoms with van der Waals surface area (Å²) in [4.78, 5) is 6.80. The van der Waals surface area contributed by atoms with Crippen LogP contribution in [0.1, 0.15) is 30.4 Å². The number of pyridine rings is 1. The number of hydrogen-bond acceptors (Lipinski definition) is 3. The molecule has 1 aliphatic heterocycles. The zero-order chi connectivity index (χ0) is 15.9. The Morgan fingerprint density at radius 3 is 2.78 bits per heavy atom. The van der Waals surface area contributed by atoms with Gasteiger partial charge in [-0.1, -0.05) is 18.2 Å². The van der Waals surface area contributed by atoms with E-state index in [1.54, 1.807) is 7.11 Å². The van der Waals surface area contributed by atoms with E-state index in [-0.39, 0.29) is 0 Å². The standard InChI is InChI=1S/C20H26N2O/c1-23-20-10-8-17(9-11-20)6-7-18-5-3-13-22(15-18)16-19-4-2-12-21-14-19/h2,4,8-12,14,18H,3,5-7,13,15-16H2,1H3/t18-/m1/s1. The van der Waals surface area contributed by atoms with Crippen LogP contribution >= 0.6 is 0 Å². The summed E-state index contributed by atoms with van der Waals surface area (Å²) in [6, 6.07) is 12.7. The fourth-order valence-electron chi connectivity index (χ4n) is 3.44. The average Bonchev–Trinajstić information content (AvgIpc) is 2.62. The van der Waals surface area contributed by atoms with E-state index in [4.69, 9.17) is 4.74 Å². The second-order valence-electron chi connectivity index (χ2n) is 6.49. The number of hydrogen-bond donors (Lipinski definition) is 0. The summed E-state index contributed by atoms with van der Waals surface area (Å²) < 4.78 is 5.22. The van der Waals surface area contributed by atoms with Crippen molar-refractivity contribution in [3.63, 3.8) is 0 Å². The number of likely N-dealkylation sites (tertiary alicyclic amines) is 1. The fourth-order valence-corrected chi connectivity index (χ4v) is 3.44. The zero-order valence-corrected chi connectivity index (χ0v) is 13.9. The molecule has 3 nitrogen and oxygen atoms in total. The van der Waals surface area contributed by atoms with Crippen LogP contribution in [0, 0.1) is 5.92 Å². The topological polar surface area (TPSA) is 25.4 Å². The minimum atomic E-state index is 0.808. The number of benzene rings is 1. The van der Waals surface area contributed by atoms with Crippen LogP contribution in [0.5, 0.6) is 5.75 Å². The van der Waals surface area contributed by atoms with E-state index < -0.39 is 0 Å². The Bertz CT molecular complexity index is 582. The molecule has 3 rings (SSSR count). The van der Waals surface area contributed by atoms with Crippen molar-refractivity contribution >= 4 is 0 Å². The second-order valence-corrected chi connectivity index (χ2v) is 6.49. The van der Waals surface area contributed by atoms with Gasteiger partial charge in [0.05, 0.1) is 7.11 Å². The molecule has 0 amide bonds. The van der Waals surface area contributed by atoms with Gasteiger partial charge in [0.1, 0.15) is 5.75 Å². The fraction of sp³-hybridized carbons (Fsp3) is 0.450. The van der Waals surface area contributed by atoms with Crippen LogP contribution < -0.4 is 4.74 Å². The molecular formula is C20H26N2O. The van der Waals surface area contributed by atoms with E-state index in [0.29, 0.717) is 0 Å². The molecule has 0 N–H and O–H groups in total. The van der Waals surface area contributed by atoms with Gasteiger partial charge in [0.15, 0.2) is 0 Å². The summed E-state index contributed by atoms with van der Waals surface area (Å²) in [5.41, 5.74) is 2.73. The lowest BCUT2D eigenvalue weighted by Gasteiger charge is -2.32. The van der Waals surface area contributed by atoms with E-state index in [1.165, 1.54) is 43.5 Å². The van der Waals surface area contributed by atoms with Crippen LogP contribution in [-0.2, 0) is 13.0 Å². The second kappa shape index (κ2) is 8.11. The third-order valence-corrected chi connectivity index (χ3v) is 4.73. The summed E-state index contributed by atoms with van der Waals surface area (Å²) in [6.45, 7) is 3.46. The molecule has 3 heteroatoms. The molecule has 0 unspecified atom stereocenters. The molecule has 1 atom stereocenters. The normalized spacial score (nSPS) is 18.7. The summed E-state index contributed by atoms with van der Waals surface area (Å²) in [5, 5.41) is 0. The van der Waals surface area contributed by atoms with E-state index in [2.05, 4.69) is 40.2 Å². The minimum absolute atomic E-state index is 0.808. The van der Waals surface area contributed by atoms with Crippen molar-refractivity contribution in [2.75, 3.05) is 20.2 Å². The molecule has 0 saturated carbocycles. The molecule has 2 aromatic rings. The molecule has 1 aromatic carbocycles. The molecule has 1 aromatic heterocycles. The van der Waals surface area contributed by atoms with E-state index in [0.717, 1.165) is 24.6 Å². The van der Waals surface area contributed by atoms with Crippen molar-refractivity contribution in [2.45, 2.75) is 32.2 Å². The van der Waals surface area contributed by atoms with Crippen molar-refractivity contribution in [1.82, 2.24) is 9.88 Å². The number of aromatic nitrogens is 1. The van der Waals surface area contributed by atoms with Gasteiger partial charge in [-0.15, -0.1) is 0 Å². The maximum atomic E-state index is 5.22. The van der Waals surface area contributed by atoms with Gasteiger partial charge in [0.25, 0.3) is 0 Å². The van der Waals surface area contributed by atoms with Crippen molar-refractivity contribution in [2.24, 2.45) is 5.92 Å². The first-order valence-electron chi connectivity index (χ1n) is 8.57. The highest BCUT2D eigenvalue weighted by Gasteiger charge is 2.19. The van der Waals surface area contributed by atoms with E-state index >= 15 is 0 Å². The summed E-state index contributed by atoms with van der Waals surface area (Å²) >= 11 is 0. The quantitative estimate of drug-likeness (QED) is 0.808. The number of aryl methyl sites for hydroxylation is 1. The third-order valence-electron chi connectivity index (χ3n) is 4.73. The molecule has 0 radical (unpaired) electrons. The molecule has 23 heavy (non-hydrogen) atoms. The monoisotopic (exact) mass is 310 g/mol. The Balaban J connectivity index is 1.48.